The van der Waals surface area contributed by atoms with Crippen LogP contribution in [0.15, 0.2) is 6.07 Å². The molecule has 2 rings (SSSR count). The van der Waals surface area contributed by atoms with Gasteiger partial charge in [0.25, 0.3) is 0 Å². The third-order valence-electron chi connectivity index (χ3n) is 2.83. The lowest BCUT2D eigenvalue weighted by Crippen LogP contribution is -2.39. The lowest BCUT2D eigenvalue weighted by atomic mass is 10.3. The van der Waals surface area contributed by atoms with E-state index >= 15 is 0 Å². The lowest BCUT2D eigenvalue weighted by molar-refractivity contribution is -0.141. The first kappa shape index (κ1) is 15.3. The van der Waals surface area contributed by atoms with Crippen LogP contribution in [-0.2, 0) is 10.9 Å². The molecule has 0 bridgehead atoms. The molecule has 0 saturated carbocycles. The van der Waals surface area contributed by atoms with Crippen molar-refractivity contribution in [3.63, 3.8) is 0 Å². The predicted molar refractivity (Wildman–Crippen MR) is 67.8 cm³/mol. The Kier molecular flexibility index (Phi) is 5.00. The molecule has 112 valence electrons. The van der Waals surface area contributed by atoms with Crippen molar-refractivity contribution in [2.24, 2.45) is 0 Å². The Morgan fingerprint density at radius 1 is 1.30 bits per heavy atom. The highest BCUT2D eigenvalue weighted by Crippen LogP contribution is 2.29. The summed E-state index contributed by atoms with van der Waals surface area (Å²) in [5.41, 5.74) is -1.05. The third-order valence-corrected chi connectivity index (χ3v) is 3.00. The first-order valence-corrected chi connectivity index (χ1v) is 6.49. The molecule has 0 radical (unpaired) electrons. The zero-order valence-electron chi connectivity index (χ0n) is 10.6. The van der Waals surface area contributed by atoms with Crippen molar-refractivity contribution in [2.75, 3.05) is 44.7 Å². The largest absolute Gasteiger partial charge is 0.433 e. The SMILES string of the molecule is FC(F)(F)c1cc(NCCN2CCOCC2)nc(Cl)n1. The molecule has 1 aliphatic heterocycles. The van der Waals surface area contributed by atoms with Crippen molar-refractivity contribution in [3.05, 3.63) is 17.0 Å². The first-order valence-electron chi connectivity index (χ1n) is 6.11. The lowest BCUT2D eigenvalue weighted by Gasteiger charge is -2.26. The van der Waals surface area contributed by atoms with Gasteiger partial charge < -0.3 is 10.1 Å². The molecule has 1 aliphatic rings. The van der Waals surface area contributed by atoms with Crippen LogP contribution in [-0.4, -0.2) is 54.3 Å². The fraction of sp³-hybridized carbons (Fsp3) is 0.636. The molecule has 0 aromatic carbocycles. The van der Waals surface area contributed by atoms with Gasteiger partial charge in [-0.1, -0.05) is 0 Å². The Morgan fingerprint density at radius 3 is 2.65 bits per heavy atom. The minimum absolute atomic E-state index is 0.0746. The number of morpholine rings is 1. The van der Waals surface area contributed by atoms with E-state index in [2.05, 4.69) is 20.2 Å². The fourth-order valence-corrected chi connectivity index (χ4v) is 2.00. The van der Waals surface area contributed by atoms with Gasteiger partial charge in [-0.3, -0.25) is 4.90 Å². The molecule has 0 amide bonds. The number of nitrogens with one attached hydrogen (secondary N) is 1. The zero-order chi connectivity index (χ0) is 14.6. The minimum Gasteiger partial charge on any atom is -0.379 e. The van der Waals surface area contributed by atoms with E-state index < -0.39 is 17.2 Å². The number of halogens is 4. The molecule has 1 saturated heterocycles. The molecule has 1 aromatic rings. The summed E-state index contributed by atoms with van der Waals surface area (Å²) < 4.78 is 42.9. The van der Waals surface area contributed by atoms with E-state index in [-0.39, 0.29) is 5.82 Å². The van der Waals surface area contributed by atoms with Crippen molar-refractivity contribution in [3.8, 4) is 0 Å². The number of ether oxygens (including phenoxy) is 1. The van der Waals surface area contributed by atoms with Gasteiger partial charge in [-0.25, -0.2) is 9.97 Å². The number of hydrogen-bond donors (Lipinski definition) is 1. The van der Waals surface area contributed by atoms with Gasteiger partial charge in [0.15, 0.2) is 5.69 Å². The Bertz CT molecular complexity index is 452. The second kappa shape index (κ2) is 6.55. The summed E-state index contributed by atoms with van der Waals surface area (Å²) in [4.78, 5) is 9.05. The maximum Gasteiger partial charge on any atom is 0.433 e. The Balaban J connectivity index is 1.90. The molecule has 1 N–H and O–H groups in total. The van der Waals surface area contributed by atoms with Gasteiger partial charge in [-0.15, -0.1) is 0 Å². The number of rotatable bonds is 4. The Morgan fingerprint density at radius 2 is 2.00 bits per heavy atom. The van der Waals surface area contributed by atoms with Crippen LogP contribution < -0.4 is 5.32 Å². The van der Waals surface area contributed by atoms with Crippen molar-refractivity contribution in [2.45, 2.75) is 6.18 Å². The van der Waals surface area contributed by atoms with Crippen LogP contribution in [0.1, 0.15) is 5.69 Å². The third kappa shape index (κ3) is 4.46. The van der Waals surface area contributed by atoms with E-state index in [9.17, 15) is 13.2 Å². The molecule has 9 heteroatoms. The molecular weight excluding hydrogens is 297 g/mol. The van der Waals surface area contributed by atoms with E-state index in [1.165, 1.54) is 0 Å². The monoisotopic (exact) mass is 310 g/mol. The average Bonchev–Trinajstić information content (AvgIpc) is 2.38. The molecule has 5 nitrogen and oxygen atoms in total. The van der Waals surface area contributed by atoms with Gasteiger partial charge >= 0.3 is 6.18 Å². The summed E-state index contributed by atoms with van der Waals surface area (Å²) >= 11 is 5.49. The van der Waals surface area contributed by atoms with Gasteiger partial charge in [0.1, 0.15) is 5.82 Å². The zero-order valence-corrected chi connectivity index (χ0v) is 11.3. The number of alkyl halides is 3. The normalized spacial score (nSPS) is 17.2. The predicted octanol–water partition coefficient (Wildman–Crippen LogP) is 1.89. The van der Waals surface area contributed by atoms with E-state index in [0.717, 1.165) is 19.2 Å². The van der Waals surface area contributed by atoms with E-state index in [4.69, 9.17) is 16.3 Å². The summed E-state index contributed by atoms with van der Waals surface area (Å²) in [6.07, 6.45) is -4.53. The summed E-state index contributed by atoms with van der Waals surface area (Å²) in [6.45, 7) is 4.17. The van der Waals surface area contributed by atoms with Gasteiger partial charge in [-0.05, 0) is 11.6 Å². The van der Waals surface area contributed by atoms with Gasteiger partial charge in [0, 0.05) is 32.2 Å². The van der Waals surface area contributed by atoms with Crippen LogP contribution in [0.5, 0.6) is 0 Å². The Hall–Kier alpha value is -1.12. The minimum atomic E-state index is -4.53. The fourth-order valence-electron chi connectivity index (χ4n) is 1.82. The molecule has 0 aliphatic carbocycles. The number of hydrogen-bond acceptors (Lipinski definition) is 5. The van der Waals surface area contributed by atoms with Crippen molar-refractivity contribution in [1.82, 2.24) is 14.9 Å². The highest BCUT2D eigenvalue weighted by molar-refractivity contribution is 6.28. The van der Waals surface area contributed by atoms with Crippen molar-refractivity contribution in [1.29, 1.82) is 0 Å². The molecule has 1 aromatic heterocycles. The maximum atomic E-state index is 12.6. The number of aromatic nitrogens is 2. The van der Waals surface area contributed by atoms with Gasteiger partial charge in [-0.2, -0.15) is 13.2 Å². The van der Waals surface area contributed by atoms with E-state index in [0.29, 0.717) is 26.3 Å². The van der Waals surface area contributed by atoms with Crippen LogP contribution in [0.4, 0.5) is 19.0 Å². The van der Waals surface area contributed by atoms with Crippen LogP contribution in [0.2, 0.25) is 5.28 Å². The van der Waals surface area contributed by atoms with E-state index in [1.807, 2.05) is 0 Å². The highest BCUT2D eigenvalue weighted by Gasteiger charge is 2.33. The van der Waals surface area contributed by atoms with Gasteiger partial charge in [0.2, 0.25) is 5.28 Å². The molecule has 1 fully saturated rings. The smallest absolute Gasteiger partial charge is 0.379 e. The number of anilines is 1. The van der Waals surface area contributed by atoms with Crippen LogP contribution >= 0.6 is 11.6 Å². The van der Waals surface area contributed by atoms with Crippen LogP contribution in [0, 0.1) is 0 Å². The topological polar surface area (TPSA) is 50.3 Å². The van der Waals surface area contributed by atoms with E-state index in [1.54, 1.807) is 0 Å². The van der Waals surface area contributed by atoms with Gasteiger partial charge in [0.05, 0.1) is 13.2 Å². The molecule has 2 heterocycles. The highest BCUT2D eigenvalue weighted by atomic mass is 35.5. The molecular formula is C11H14ClF3N4O. The maximum absolute atomic E-state index is 12.6. The molecule has 0 spiro atoms. The van der Waals surface area contributed by atoms with Crippen LogP contribution in [0.3, 0.4) is 0 Å². The second-order valence-electron chi connectivity index (χ2n) is 4.29. The first-order chi connectivity index (χ1) is 9.45. The Labute approximate surface area is 119 Å². The summed E-state index contributed by atoms with van der Waals surface area (Å²) in [5.74, 6) is 0.0746. The quantitative estimate of drug-likeness (QED) is 0.861. The molecule has 0 atom stereocenters. The molecule has 20 heavy (non-hydrogen) atoms. The van der Waals surface area contributed by atoms with Crippen LogP contribution in [0.25, 0.3) is 0 Å². The second-order valence-corrected chi connectivity index (χ2v) is 4.62. The van der Waals surface area contributed by atoms with Crippen molar-refractivity contribution >= 4 is 17.4 Å². The summed E-state index contributed by atoms with van der Waals surface area (Å²) in [7, 11) is 0. The summed E-state index contributed by atoms with van der Waals surface area (Å²) in [6, 6.07) is 0.852. The summed E-state index contributed by atoms with van der Waals surface area (Å²) in [5, 5.41) is 2.40. The number of nitrogens with zero attached hydrogens (tertiary/aromatic N) is 3. The standard InChI is InChI=1S/C11H14ClF3N4O/c12-10-17-8(11(13,14)15)7-9(18-10)16-1-2-19-3-5-20-6-4-19/h7H,1-6H2,(H,16,17,18). The van der Waals surface area contributed by atoms with Crippen molar-refractivity contribution < 1.29 is 17.9 Å². The molecule has 0 unspecified atom stereocenters. The average molecular weight is 311 g/mol.